The molecule has 0 radical (unpaired) electrons. The maximum atomic E-state index is 13.5. The lowest BCUT2D eigenvalue weighted by Gasteiger charge is -2.52. The van der Waals surface area contributed by atoms with E-state index in [1.54, 1.807) is 6.20 Å². The number of rotatable bonds is 7. The summed E-state index contributed by atoms with van der Waals surface area (Å²) >= 11 is 5.56. The quantitative estimate of drug-likeness (QED) is 0.156. The van der Waals surface area contributed by atoms with Crippen molar-refractivity contribution < 1.29 is 26.3 Å². The molecule has 0 amide bonds. The highest BCUT2D eigenvalue weighted by Gasteiger charge is 2.44. The van der Waals surface area contributed by atoms with Gasteiger partial charge >= 0.3 is 12.4 Å². The van der Waals surface area contributed by atoms with Gasteiger partial charge in [-0.05, 0) is 97.7 Å². The van der Waals surface area contributed by atoms with Crippen LogP contribution < -0.4 is 10.6 Å². The second-order valence-corrected chi connectivity index (χ2v) is 12.3. The first kappa shape index (κ1) is 31.3. The maximum absolute atomic E-state index is 13.5. The fourth-order valence-corrected chi connectivity index (χ4v) is 7.20. The highest BCUT2D eigenvalue weighted by atomic mass is 32.1. The van der Waals surface area contributed by atoms with E-state index in [0.29, 0.717) is 24.0 Å². The zero-order valence-electron chi connectivity index (χ0n) is 24.2. The van der Waals surface area contributed by atoms with Gasteiger partial charge in [0.05, 0.1) is 22.7 Å². The lowest BCUT2D eigenvalue weighted by molar-refractivity contribution is -0.143. The van der Waals surface area contributed by atoms with Crippen LogP contribution >= 0.6 is 12.2 Å². The van der Waals surface area contributed by atoms with Crippen molar-refractivity contribution in [3.63, 3.8) is 0 Å². The largest absolute Gasteiger partial charge is 0.416 e. The van der Waals surface area contributed by atoms with E-state index in [1.807, 2.05) is 36.4 Å². The molecule has 3 aliphatic heterocycles. The Morgan fingerprint density at radius 2 is 1.60 bits per heavy atom. The number of para-hydroxylation sites is 1. The van der Waals surface area contributed by atoms with Crippen molar-refractivity contribution in [2.75, 3.05) is 18.4 Å². The number of halogens is 6. The summed E-state index contributed by atoms with van der Waals surface area (Å²) in [6.07, 6.45) is -4.17. The molecule has 4 nitrogen and oxygen atoms in total. The SMILES string of the molecule is FC(F)(F)c1cc(NC(=S)N[C@@H](c2ccnc3ccccc23)C2CC3CCN2CC3CCc2ccccc2)cc(C(F)(F)F)c1. The Labute approximate surface area is 262 Å². The first-order chi connectivity index (χ1) is 21.5. The van der Waals surface area contributed by atoms with Gasteiger partial charge in [0.2, 0.25) is 0 Å². The predicted molar refractivity (Wildman–Crippen MR) is 167 cm³/mol. The number of piperidine rings is 3. The number of benzene rings is 3. The lowest BCUT2D eigenvalue weighted by Crippen LogP contribution is -2.58. The Kier molecular flexibility index (Phi) is 8.76. The van der Waals surface area contributed by atoms with Crippen molar-refractivity contribution >= 4 is 33.9 Å². The molecule has 236 valence electrons. The Balaban J connectivity index is 1.27. The van der Waals surface area contributed by atoms with Crippen LogP contribution in [0.2, 0.25) is 0 Å². The third kappa shape index (κ3) is 7.09. The van der Waals surface area contributed by atoms with Gasteiger partial charge in [0, 0.05) is 29.9 Å². The summed E-state index contributed by atoms with van der Waals surface area (Å²) in [6.45, 7) is 1.81. The first-order valence-corrected chi connectivity index (χ1v) is 15.3. The number of nitrogens with one attached hydrogen (secondary N) is 2. The number of nitrogens with zero attached hydrogens (tertiary/aromatic N) is 2. The van der Waals surface area contributed by atoms with Crippen LogP contribution in [0.5, 0.6) is 0 Å². The van der Waals surface area contributed by atoms with E-state index in [4.69, 9.17) is 12.2 Å². The second kappa shape index (κ2) is 12.6. The van der Waals surface area contributed by atoms with Crippen molar-refractivity contribution in [3.05, 3.63) is 107 Å². The van der Waals surface area contributed by atoms with Gasteiger partial charge in [-0.25, -0.2) is 0 Å². The summed E-state index contributed by atoms with van der Waals surface area (Å²) in [7, 11) is 0. The van der Waals surface area contributed by atoms with Crippen molar-refractivity contribution in [2.45, 2.75) is 50.1 Å². The zero-order chi connectivity index (χ0) is 31.8. The lowest BCUT2D eigenvalue weighted by atomic mass is 9.71. The monoisotopic (exact) mass is 642 g/mol. The summed E-state index contributed by atoms with van der Waals surface area (Å²) in [5.41, 5.74) is -0.186. The van der Waals surface area contributed by atoms with E-state index in [1.165, 1.54) is 5.56 Å². The topological polar surface area (TPSA) is 40.2 Å². The smallest absolute Gasteiger partial charge is 0.354 e. The molecule has 7 rings (SSSR count). The van der Waals surface area contributed by atoms with Crippen LogP contribution in [0.25, 0.3) is 10.9 Å². The Hall–Kier alpha value is -3.70. The van der Waals surface area contributed by atoms with E-state index in [-0.39, 0.29) is 28.9 Å². The number of anilines is 1. The van der Waals surface area contributed by atoms with Crippen molar-refractivity contribution in [1.82, 2.24) is 15.2 Å². The van der Waals surface area contributed by atoms with Gasteiger partial charge in [-0.1, -0.05) is 48.5 Å². The van der Waals surface area contributed by atoms with Crippen LogP contribution in [0, 0.1) is 11.8 Å². The standard InChI is InChI=1S/C34H32F6N4S/c35-33(36,37)24-17-25(34(38,39)40)19-26(18-24)42-32(45)43-31(28-12-14-41-29-9-5-4-8-27(28)29)30-16-22-13-15-44(30)20-23(22)11-10-21-6-2-1-3-7-21/h1-9,12,14,17-19,22-23,30-31H,10-11,13,15-16,20H2,(H2,42,43,45)/t22?,23?,30?,31-/m0/s1. The normalized spacial score (nSPS) is 22.3. The summed E-state index contributed by atoms with van der Waals surface area (Å²) in [5.74, 6) is 1.02. The summed E-state index contributed by atoms with van der Waals surface area (Å²) in [5, 5.41) is 6.78. The summed E-state index contributed by atoms with van der Waals surface area (Å²) < 4.78 is 81.1. The number of aromatic nitrogens is 1. The molecule has 0 saturated carbocycles. The van der Waals surface area contributed by atoms with Gasteiger partial charge in [-0.3, -0.25) is 9.88 Å². The van der Waals surface area contributed by atoms with Gasteiger partial charge in [0.15, 0.2) is 5.11 Å². The van der Waals surface area contributed by atoms with Crippen molar-refractivity contribution in [1.29, 1.82) is 0 Å². The van der Waals surface area contributed by atoms with E-state index < -0.39 is 23.5 Å². The maximum Gasteiger partial charge on any atom is 0.416 e. The number of aryl methyl sites for hydroxylation is 1. The molecule has 1 aromatic heterocycles. The molecular formula is C34H32F6N4S. The van der Waals surface area contributed by atoms with E-state index in [2.05, 4.69) is 44.8 Å². The van der Waals surface area contributed by atoms with Crippen LogP contribution in [0.15, 0.2) is 85.1 Å². The Bertz CT molecular complexity index is 1620. The number of hydrogen-bond donors (Lipinski definition) is 2. The van der Waals surface area contributed by atoms with Gasteiger partial charge in [0.25, 0.3) is 0 Å². The summed E-state index contributed by atoms with van der Waals surface area (Å²) in [4.78, 5) is 6.95. The Morgan fingerprint density at radius 3 is 2.27 bits per heavy atom. The molecule has 2 N–H and O–H groups in total. The summed E-state index contributed by atoms with van der Waals surface area (Å²) in [6, 6.07) is 21.0. The van der Waals surface area contributed by atoms with Gasteiger partial charge in [-0.2, -0.15) is 26.3 Å². The Morgan fingerprint density at radius 1 is 0.911 bits per heavy atom. The van der Waals surface area contributed by atoms with Crippen molar-refractivity contribution in [3.8, 4) is 0 Å². The molecule has 2 bridgehead atoms. The highest BCUT2D eigenvalue weighted by Crippen LogP contribution is 2.43. The minimum Gasteiger partial charge on any atom is -0.354 e. The zero-order valence-corrected chi connectivity index (χ0v) is 25.0. The van der Waals surface area contributed by atoms with E-state index in [0.717, 1.165) is 55.2 Å². The van der Waals surface area contributed by atoms with Crippen LogP contribution in [0.1, 0.15) is 47.6 Å². The molecule has 0 spiro atoms. The van der Waals surface area contributed by atoms with Crippen LogP contribution in [-0.2, 0) is 18.8 Å². The molecule has 45 heavy (non-hydrogen) atoms. The molecule has 11 heteroatoms. The van der Waals surface area contributed by atoms with Gasteiger partial charge < -0.3 is 10.6 Å². The van der Waals surface area contributed by atoms with Crippen molar-refractivity contribution in [2.24, 2.45) is 11.8 Å². The van der Waals surface area contributed by atoms with E-state index >= 15 is 0 Å². The molecule has 0 aliphatic carbocycles. The first-order valence-electron chi connectivity index (χ1n) is 14.9. The molecule has 4 aromatic rings. The van der Waals surface area contributed by atoms with Crippen LogP contribution in [0.4, 0.5) is 32.0 Å². The number of hydrogen-bond acceptors (Lipinski definition) is 3. The molecule has 3 aliphatic rings. The number of pyridine rings is 1. The number of fused-ring (bicyclic) bond motifs is 4. The fraction of sp³-hybridized carbons (Fsp3) is 0.353. The molecule has 5 atom stereocenters. The average molecular weight is 643 g/mol. The van der Waals surface area contributed by atoms with Crippen LogP contribution in [-0.4, -0.2) is 34.1 Å². The molecule has 3 saturated heterocycles. The third-order valence-electron chi connectivity index (χ3n) is 9.12. The second-order valence-electron chi connectivity index (χ2n) is 11.9. The minimum atomic E-state index is -4.96. The third-order valence-corrected chi connectivity index (χ3v) is 9.34. The van der Waals surface area contributed by atoms with E-state index in [9.17, 15) is 26.3 Å². The molecule has 3 aromatic carbocycles. The average Bonchev–Trinajstić information content (AvgIpc) is 3.02. The predicted octanol–water partition coefficient (Wildman–Crippen LogP) is 8.64. The number of alkyl halides is 6. The van der Waals surface area contributed by atoms with Gasteiger partial charge in [0.1, 0.15) is 0 Å². The fourth-order valence-electron chi connectivity index (χ4n) is 6.96. The number of thiocarbonyl (C=S) groups is 1. The van der Waals surface area contributed by atoms with Crippen LogP contribution in [0.3, 0.4) is 0 Å². The molecule has 4 unspecified atom stereocenters. The van der Waals surface area contributed by atoms with Gasteiger partial charge in [-0.15, -0.1) is 0 Å². The highest BCUT2D eigenvalue weighted by molar-refractivity contribution is 7.80. The minimum absolute atomic E-state index is 0.00882. The molecule has 4 heterocycles. The molecule has 3 fully saturated rings. The molecular weight excluding hydrogens is 610 g/mol.